The van der Waals surface area contributed by atoms with Crippen LogP contribution in [0.1, 0.15) is 63.8 Å². The zero-order valence-corrected chi connectivity index (χ0v) is 22.4. The van der Waals surface area contributed by atoms with Gasteiger partial charge in [-0.2, -0.15) is 0 Å². The van der Waals surface area contributed by atoms with E-state index in [9.17, 15) is 14.4 Å². The molecule has 3 amide bonds. The van der Waals surface area contributed by atoms with Crippen LogP contribution in [0.25, 0.3) is 6.08 Å². The quantitative estimate of drug-likeness (QED) is 0.468. The summed E-state index contributed by atoms with van der Waals surface area (Å²) in [5, 5.41) is 5.67. The molecular formula is C29H39N3O4. The zero-order chi connectivity index (χ0) is 27.0. The summed E-state index contributed by atoms with van der Waals surface area (Å²) in [6, 6.07) is 13.0. The summed E-state index contributed by atoms with van der Waals surface area (Å²) in [6.45, 7) is 14.9. The van der Waals surface area contributed by atoms with Crippen LogP contribution < -0.4 is 10.6 Å². The van der Waals surface area contributed by atoms with Crippen molar-refractivity contribution in [2.24, 2.45) is 5.92 Å². The van der Waals surface area contributed by atoms with E-state index in [-0.39, 0.29) is 17.7 Å². The number of nitrogens with one attached hydrogen (secondary N) is 2. The fourth-order valence-electron chi connectivity index (χ4n) is 3.84. The number of ether oxygens (including phenoxy) is 1. The van der Waals surface area contributed by atoms with Gasteiger partial charge in [-0.05, 0) is 68.9 Å². The molecule has 0 aliphatic carbocycles. The van der Waals surface area contributed by atoms with Crippen LogP contribution in [-0.4, -0.2) is 41.5 Å². The Balaban J connectivity index is 2.43. The van der Waals surface area contributed by atoms with Crippen molar-refractivity contribution >= 4 is 29.7 Å². The van der Waals surface area contributed by atoms with Gasteiger partial charge in [-0.15, -0.1) is 0 Å². The van der Waals surface area contributed by atoms with Crippen LogP contribution in [0.3, 0.4) is 0 Å². The van der Waals surface area contributed by atoms with E-state index >= 15 is 0 Å². The Labute approximate surface area is 214 Å². The lowest BCUT2D eigenvalue weighted by Gasteiger charge is -2.32. The molecule has 0 saturated carbocycles. The van der Waals surface area contributed by atoms with Crippen molar-refractivity contribution in [1.82, 2.24) is 10.2 Å². The molecule has 36 heavy (non-hydrogen) atoms. The van der Waals surface area contributed by atoms with E-state index < -0.39 is 23.8 Å². The normalized spacial score (nSPS) is 12.9. The summed E-state index contributed by atoms with van der Waals surface area (Å²) in [4.78, 5) is 41.3. The number of carbonyl (C=O) groups excluding carboxylic acids is 3. The van der Waals surface area contributed by atoms with Crippen molar-refractivity contribution in [3.63, 3.8) is 0 Å². The molecular weight excluding hydrogens is 454 g/mol. The van der Waals surface area contributed by atoms with Crippen LogP contribution in [0.15, 0.2) is 55.1 Å². The number of anilines is 1. The third-order valence-electron chi connectivity index (χ3n) is 5.54. The highest BCUT2D eigenvalue weighted by molar-refractivity contribution is 5.99. The molecule has 0 radical (unpaired) electrons. The van der Waals surface area contributed by atoms with Gasteiger partial charge < -0.3 is 20.3 Å². The maximum absolute atomic E-state index is 13.7. The highest BCUT2D eigenvalue weighted by Gasteiger charge is 2.34. The second-order valence-electron chi connectivity index (χ2n) is 10.4. The number of amides is 3. The summed E-state index contributed by atoms with van der Waals surface area (Å²) in [6.07, 6.45) is 1.40. The summed E-state index contributed by atoms with van der Waals surface area (Å²) in [5.41, 5.74) is 2.33. The fourth-order valence-corrected chi connectivity index (χ4v) is 3.84. The first-order valence-corrected chi connectivity index (χ1v) is 12.2. The average molecular weight is 494 g/mol. The van der Waals surface area contributed by atoms with Gasteiger partial charge in [0.15, 0.2) is 0 Å². The van der Waals surface area contributed by atoms with Gasteiger partial charge in [0.1, 0.15) is 17.7 Å². The largest absolute Gasteiger partial charge is 0.444 e. The van der Waals surface area contributed by atoms with Gasteiger partial charge in [0.2, 0.25) is 5.91 Å². The molecule has 7 nitrogen and oxygen atoms in total. The molecule has 2 aromatic rings. The van der Waals surface area contributed by atoms with Crippen LogP contribution in [0, 0.1) is 12.8 Å². The van der Waals surface area contributed by atoms with Gasteiger partial charge in [0.25, 0.3) is 5.91 Å². The maximum Gasteiger partial charge on any atom is 0.408 e. The molecule has 2 unspecified atom stereocenters. The van der Waals surface area contributed by atoms with Gasteiger partial charge in [-0.3, -0.25) is 9.59 Å². The monoisotopic (exact) mass is 493 g/mol. The molecule has 0 saturated heterocycles. The summed E-state index contributed by atoms with van der Waals surface area (Å²) in [5.74, 6) is -0.629. The Bertz CT molecular complexity index is 1090. The third-order valence-corrected chi connectivity index (χ3v) is 5.54. The molecule has 2 atom stereocenters. The number of para-hydroxylation sites is 1. The van der Waals surface area contributed by atoms with E-state index in [1.165, 1.54) is 4.90 Å². The van der Waals surface area contributed by atoms with E-state index in [0.29, 0.717) is 17.7 Å². The molecule has 0 aliphatic heterocycles. The Kier molecular flexibility index (Phi) is 9.84. The number of alkyl carbamates (subject to hydrolysis) is 1. The first-order chi connectivity index (χ1) is 16.8. The van der Waals surface area contributed by atoms with Crippen molar-refractivity contribution in [2.75, 3.05) is 12.4 Å². The first-order valence-electron chi connectivity index (χ1n) is 12.2. The molecule has 2 aromatic carbocycles. The Hall–Kier alpha value is -3.61. The number of benzene rings is 2. The Morgan fingerprint density at radius 2 is 1.75 bits per heavy atom. The van der Waals surface area contributed by atoms with E-state index in [1.807, 2.05) is 63.2 Å². The van der Waals surface area contributed by atoms with E-state index in [1.54, 1.807) is 40.0 Å². The minimum absolute atomic E-state index is 0.116. The highest BCUT2D eigenvalue weighted by atomic mass is 16.6. The second kappa shape index (κ2) is 12.4. The van der Waals surface area contributed by atoms with E-state index in [4.69, 9.17) is 4.74 Å². The number of likely N-dealkylation sites (N-methyl/N-ethyl adjacent to an activating group) is 1. The molecule has 0 spiro atoms. The topological polar surface area (TPSA) is 87.7 Å². The number of hydrogen-bond donors (Lipinski definition) is 2. The third kappa shape index (κ3) is 8.26. The van der Waals surface area contributed by atoms with Gasteiger partial charge in [0, 0.05) is 12.7 Å². The van der Waals surface area contributed by atoms with Gasteiger partial charge in [-0.1, -0.05) is 62.9 Å². The van der Waals surface area contributed by atoms with Crippen LogP contribution in [0.2, 0.25) is 0 Å². The molecule has 2 rings (SSSR count). The smallest absolute Gasteiger partial charge is 0.408 e. The molecule has 0 bridgehead atoms. The number of carbonyl (C=O) groups is 3. The van der Waals surface area contributed by atoms with Crippen LogP contribution >= 0.6 is 0 Å². The van der Waals surface area contributed by atoms with Crippen LogP contribution in [-0.2, 0) is 14.3 Å². The zero-order valence-electron chi connectivity index (χ0n) is 22.4. The average Bonchev–Trinajstić information content (AvgIpc) is 2.78. The molecule has 0 aliphatic rings. The van der Waals surface area contributed by atoms with E-state index in [2.05, 4.69) is 17.2 Å². The highest BCUT2D eigenvalue weighted by Crippen LogP contribution is 2.26. The summed E-state index contributed by atoms with van der Waals surface area (Å²) in [7, 11) is 1.58. The molecule has 2 N–H and O–H groups in total. The predicted octanol–water partition coefficient (Wildman–Crippen LogP) is 5.72. The van der Waals surface area contributed by atoms with Crippen LogP contribution in [0.5, 0.6) is 0 Å². The minimum atomic E-state index is -0.938. The van der Waals surface area contributed by atoms with Crippen molar-refractivity contribution in [2.45, 2.75) is 65.6 Å². The molecule has 0 aromatic heterocycles. The minimum Gasteiger partial charge on any atom is -0.444 e. The second-order valence-corrected chi connectivity index (χ2v) is 10.4. The van der Waals surface area contributed by atoms with Crippen molar-refractivity contribution < 1.29 is 19.1 Å². The maximum atomic E-state index is 13.7. The van der Waals surface area contributed by atoms with Crippen molar-refractivity contribution in [1.29, 1.82) is 0 Å². The lowest BCUT2D eigenvalue weighted by atomic mass is 9.98. The summed E-state index contributed by atoms with van der Waals surface area (Å²) >= 11 is 0. The Morgan fingerprint density at radius 3 is 2.33 bits per heavy atom. The van der Waals surface area contributed by atoms with Crippen LogP contribution in [0.4, 0.5) is 10.5 Å². The SMILES string of the molecule is C=Cc1cccc(C(C(=O)Nc2ccccc2C)N(C)C(=O)C(CC(C)C)NC(=O)OC(C)(C)C)c1. The molecule has 0 fully saturated rings. The summed E-state index contributed by atoms with van der Waals surface area (Å²) < 4.78 is 5.38. The molecule has 194 valence electrons. The first kappa shape index (κ1) is 28.6. The van der Waals surface area contributed by atoms with Gasteiger partial charge in [-0.25, -0.2) is 4.79 Å². The number of aryl methyl sites for hydroxylation is 1. The van der Waals surface area contributed by atoms with Gasteiger partial charge in [0.05, 0.1) is 0 Å². The standard InChI is InChI=1S/C29H39N3O4/c1-9-21-14-12-15-22(18-21)25(26(33)30-23-16-11-10-13-20(23)4)32(8)27(34)24(17-19(2)3)31-28(35)36-29(5,6)7/h9-16,18-19,24-25H,1,17H2,2-8H3,(H,30,33)(H,31,35). The van der Waals surface area contributed by atoms with Crippen molar-refractivity contribution in [3.05, 3.63) is 71.8 Å². The lowest BCUT2D eigenvalue weighted by molar-refractivity contribution is -0.139. The number of hydrogen-bond acceptors (Lipinski definition) is 4. The van der Waals surface area contributed by atoms with Gasteiger partial charge >= 0.3 is 6.09 Å². The van der Waals surface area contributed by atoms with Crippen molar-refractivity contribution in [3.8, 4) is 0 Å². The number of rotatable bonds is 9. The molecule has 7 heteroatoms. The van der Waals surface area contributed by atoms with E-state index in [0.717, 1.165) is 11.1 Å². The predicted molar refractivity (Wildman–Crippen MR) is 144 cm³/mol. The number of nitrogens with zero attached hydrogens (tertiary/aromatic N) is 1. The lowest BCUT2D eigenvalue weighted by Crippen LogP contribution is -2.51. The fraction of sp³-hybridized carbons (Fsp3) is 0.414. The molecule has 0 heterocycles. The Morgan fingerprint density at radius 1 is 1.08 bits per heavy atom.